The molecule has 0 aromatic carbocycles. The van der Waals surface area contributed by atoms with Gasteiger partial charge in [0.2, 0.25) is 0 Å². The molecule has 0 saturated heterocycles. The Morgan fingerprint density at radius 3 is 2.84 bits per heavy atom. The number of anilines is 1. The van der Waals surface area contributed by atoms with Gasteiger partial charge in [-0.25, -0.2) is 4.98 Å². The number of nitro groups is 1. The highest BCUT2D eigenvalue weighted by atomic mass is 16.6. The summed E-state index contributed by atoms with van der Waals surface area (Å²) in [5.41, 5.74) is 5.34. The third kappa shape index (κ3) is 3.52. The lowest BCUT2D eigenvalue weighted by atomic mass is 10.2. The lowest BCUT2D eigenvalue weighted by molar-refractivity contribution is -0.385. The van der Waals surface area contributed by atoms with Crippen LogP contribution in [0.25, 0.3) is 0 Å². The van der Waals surface area contributed by atoms with Gasteiger partial charge in [0.25, 0.3) is 5.69 Å². The number of hydrogen-bond donors (Lipinski definition) is 3. The van der Waals surface area contributed by atoms with Crippen LogP contribution in [0.1, 0.15) is 12.5 Å². The zero-order valence-corrected chi connectivity index (χ0v) is 10.5. The number of nitrogens with two attached hydrogens (primary N) is 1. The minimum absolute atomic E-state index is 0.125. The second kappa shape index (κ2) is 5.96. The summed E-state index contributed by atoms with van der Waals surface area (Å²) in [7, 11) is 1.63. The molecule has 1 heterocycles. The van der Waals surface area contributed by atoms with Crippen LogP contribution in [-0.2, 0) is 0 Å². The SMILES string of the molecule is CC(O)CN(C)c1ncc([N+](=O)[O-])cc1/C(N)=N/O. The van der Waals surface area contributed by atoms with Gasteiger partial charge in [-0.3, -0.25) is 10.1 Å². The molecule has 1 aromatic rings. The second-order valence-corrected chi connectivity index (χ2v) is 4.04. The molecule has 0 amide bonds. The summed E-state index contributed by atoms with van der Waals surface area (Å²) in [4.78, 5) is 15.5. The average molecular weight is 269 g/mol. The molecule has 0 aliphatic heterocycles. The van der Waals surface area contributed by atoms with E-state index in [4.69, 9.17) is 10.9 Å². The molecule has 1 rings (SSSR count). The fourth-order valence-electron chi connectivity index (χ4n) is 1.58. The summed E-state index contributed by atoms with van der Waals surface area (Å²) in [6.07, 6.45) is 0.448. The number of rotatable bonds is 5. The molecule has 1 atom stereocenters. The fraction of sp³-hybridized carbons (Fsp3) is 0.400. The summed E-state index contributed by atoms with van der Waals surface area (Å²) in [6, 6.07) is 1.16. The molecule has 1 unspecified atom stereocenters. The number of aliphatic hydroxyl groups is 1. The Hall–Kier alpha value is -2.42. The largest absolute Gasteiger partial charge is 0.409 e. The van der Waals surface area contributed by atoms with Gasteiger partial charge in [-0.05, 0) is 6.92 Å². The first-order chi connectivity index (χ1) is 8.86. The molecule has 0 saturated carbocycles. The number of pyridine rings is 1. The molecule has 1 aromatic heterocycles. The number of amidine groups is 1. The van der Waals surface area contributed by atoms with Crippen LogP contribution in [0.5, 0.6) is 0 Å². The summed E-state index contributed by atoms with van der Waals surface area (Å²) in [5.74, 6) is -0.00885. The molecule has 4 N–H and O–H groups in total. The van der Waals surface area contributed by atoms with Gasteiger partial charge >= 0.3 is 0 Å². The molecular formula is C10H15N5O4. The maximum atomic E-state index is 10.7. The number of hydrogen-bond acceptors (Lipinski definition) is 7. The quantitative estimate of drug-likeness (QED) is 0.223. The van der Waals surface area contributed by atoms with E-state index in [2.05, 4.69) is 10.1 Å². The molecule has 0 aliphatic carbocycles. The fourth-order valence-corrected chi connectivity index (χ4v) is 1.58. The van der Waals surface area contributed by atoms with Gasteiger partial charge in [0.1, 0.15) is 12.0 Å². The third-order valence-electron chi connectivity index (χ3n) is 2.35. The van der Waals surface area contributed by atoms with Gasteiger partial charge < -0.3 is 20.9 Å². The van der Waals surface area contributed by atoms with E-state index in [1.165, 1.54) is 0 Å². The van der Waals surface area contributed by atoms with Gasteiger partial charge in [0.15, 0.2) is 5.84 Å². The van der Waals surface area contributed by atoms with Crippen molar-refractivity contribution in [3.05, 3.63) is 27.9 Å². The number of nitrogens with zero attached hydrogens (tertiary/aromatic N) is 4. The van der Waals surface area contributed by atoms with E-state index >= 15 is 0 Å². The topological polar surface area (TPSA) is 138 Å². The van der Waals surface area contributed by atoms with Crippen LogP contribution in [0.3, 0.4) is 0 Å². The Morgan fingerprint density at radius 2 is 2.37 bits per heavy atom. The van der Waals surface area contributed by atoms with Crippen LogP contribution in [0, 0.1) is 10.1 Å². The zero-order chi connectivity index (χ0) is 14.6. The molecule has 9 heteroatoms. The van der Waals surface area contributed by atoms with Crippen LogP contribution < -0.4 is 10.6 Å². The lowest BCUT2D eigenvalue weighted by Crippen LogP contribution is -2.30. The molecular weight excluding hydrogens is 254 g/mol. The van der Waals surface area contributed by atoms with Gasteiger partial charge in [0, 0.05) is 19.7 Å². The standard InChI is InChI=1S/C10H15N5O4/c1-6(16)5-14(2)10-8(9(11)13-17)3-7(4-12-10)15(18)19/h3-4,6,16-17H,5H2,1-2H3,(H2,11,13). The van der Waals surface area contributed by atoms with E-state index < -0.39 is 11.0 Å². The van der Waals surface area contributed by atoms with Crippen molar-refractivity contribution >= 4 is 17.3 Å². The van der Waals surface area contributed by atoms with E-state index in [9.17, 15) is 15.2 Å². The summed E-state index contributed by atoms with van der Waals surface area (Å²) in [5, 5.41) is 31.5. The Balaban J connectivity index is 3.27. The maximum absolute atomic E-state index is 10.7. The number of aliphatic hydroxyl groups excluding tert-OH is 1. The summed E-state index contributed by atoms with van der Waals surface area (Å²) in [6.45, 7) is 1.83. The second-order valence-electron chi connectivity index (χ2n) is 4.04. The van der Waals surface area contributed by atoms with Crippen molar-refractivity contribution in [1.29, 1.82) is 0 Å². The number of likely N-dealkylation sites (N-methyl/N-ethyl adjacent to an activating group) is 1. The Kier molecular flexibility index (Phi) is 4.59. The number of aromatic nitrogens is 1. The minimum atomic E-state index is -0.625. The van der Waals surface area contributed by atoms with Gasteiger partial charge in [-0.1, -0.05) is 5.16 Å². The van der Waals surface area contributed by atoms with Crippen LogP contribution in [0.4, 0.5) is 11.5 Å². The third-order valence-corrected chi connectivity index (χ3v) is 2.35. The van der Waals surface area contributed by atoms with Gasteiger partial charge in [-0.2, -0.15) is 0 Å². The van der Waals surface area contributed by atoms with E-state index in [-0.39, 0.29) is 29.4 Å². The Morgan fingerprint density at radius 1 is 1.74 bits per heavy atom. The molecule has 19 heavy (non-hydrogen) atoms. The highest BCUT2D eigenvalue weighted by molar-refractivity contribution is 6.01. The molecule has 9 nitrogen and oxygen atoms in total. The highest BCUT2D eigenvalue weighted by Crippen LogP contribution is 2.21. The average Bonchev–Trinajstić information content (AvgIpc) is 2.36. The van der Waals surface area contributed by atoms with Gasteiger partial charge in [0.05, 0.1) is 16.6 Å². The highest BCUT2D eigenvalue weighted by Gasteiger charge is 2.18. The van der Waals surface area contributed by atoms with Crippen molar-refractivity contribution < 1.29 is 15.2 Å². The van der Waals surface area contributed by atoms with E-state index in [0.29, 0.717) is 0 Å². The molecule has 104 valence electrons. The van der Waals surface area contributed by atoms with E-state index in [1.54, 1.807) is 18.9 Å². The van der Waals surface area contributed by atoms with Crippen molar-refractivity contribution in [2.45, 2.75) is 13.0 Å². The predicted octanol–water partition coefficient (Wildman–Crippen LogP) is -0.0987. The smallest absolute Gasteiger partial charge is 0.288 e. The molecule has 0 fully saturated rings. The van der Waals surface area contributed by atoms with E-state index in [1.807, 2.05) is 0 Å². The van der Waals surface area contributed by atoms with E-state index in [0.717, 1.165) is 12.3 Å². The van der Waals surface area contributed by atoms with Crippen LogP contribution >= 0.6 is 0 Å². The number of oxime groups is 1. The van der Waals surface area contributed by atoms with Crippen molar-refractivity contribution in [2.24, 2.45) is 10.9 Å². The van der Waals surface area contributed by atoms with Crippen molar-refractivity contribution in [1.82, 2.24) is 4.98 Å². The van der Waals surface area contributed by atoms with Crippen LogP contribution in [0.15, 0.2) is 17.4 Å². The monoisotopic (exact) mass is 269 g/mol. The maximum Gasteiger partial charge on any atom is 0.288 e. The van der Waals surface area contributed by atoms with Crippen molar-refractivity contribution in [3.63, 3.8) is 0 Å². The Bertz CT molecular complexity index is 503. The molecule has 0 radical (unpaired) electrons. The zero-order valence-electron chi connectivity index (χ0n) is 10.5. The summed E-state index contributed by atoms with van der Waals surface area (Å²) < 4.78 is 0. The van der Waals surface area contributed by atoms with Crippen molar-refractivity contribution in [2.75, 3.05) is 18.5 Å². The first-order valence-corrected chi connectivity index (χ1v) is 5.38. The molecule has 0 spiro atoms. The summed E-state index contributed by atoms with van der Waals surface area (Å²) >= 11 is 0. The van der Waals surface area contributed by atoms with Crippen molar-refractivity contribution in [3.8, 4) is 0 Å². The lowest BCUT2D eigenvalue weighted by Gasteiger charge is -2.21. The van der Waals surface area contributed by atoms with Crippen LogP contribution in [-0.4, -0.2) is 45.8 Å². The first-order valence-electron chi connectivity index (χ1n) is 5.38. The predicted molar refractivity (Wildman–Crippen MR) is 68.4 cm³/mol. The normalized spacial score (nSPS) is 13.1. The molecule has 0 bridgehead atoms. The minimum Gasteiger partial charge on any atom is -0.409 e. The first kappa shape index (κ1) is 14.6. The van der Waals surface area contributed by atoms with Crippen LogP contribution in [0.2, 0.25) is 0 Å². The van der Waals surface area contributed by atoms with Gasteiger partial charge in [-0.15, -0.1) is 0 Å². The molecule has 0 aliphatic rings. The Labute approximate surface area is 109 Å².